The summed E-state index contributed by atoms with van der Waals surface area (Å²) in [6.45, 7) is 0.438. The van der Waals surface area contributed by atoms with Crippen LogP contribution in [-0.4, -0.2) is 41.8 Å². The van der Waals surface area contributed by atoms with Crippen molar-refractivity contribution in [3.8, 4) is 5.75 Å². The van der Waals surface area contributed by atoms with Crippen LogP contribution in [0.15, 0.2) is 36.4 Å². The van der Waals surface area contributed by atoms with Gasteiger partial charge < -0.3 is 20.1 Å². The molecule has 1 aliphatic heterocycles. The molecular formula is C20H16F3N3O7. The SMILES string of the molecule is CC(Nc1ccc(C(F)(F)F)cc1[N+](=O)[O-])C(=O)OCC(=O)c1ccc2c(c1)NC(=O)CO2. The van der Waals surface area contributed by atoms with Gasteiger partial charge >= 0.3 is 12.1 Å². The lowest BCUT2D eigenvalue weighted by molar-refractivity contribution is -0.384. The Balaban J connectivity index is 1.63. The first-order valence-corrected chi connectivity index (χ1v) is 9.34. The van der Waals surface area contributed by atoms with Gasteiger partial charge in [0, 0.05) is 11.6 Å². The Morgan fingerprint density at radius 3 is 2.67 bits per heavy atom. The van der Waals surface area contributed by atoms with Gasteiger partial charge in [-0.25, -0.2) is 4.79 Å². The summed E-state index contributed by atoms with van der Waals surface area (Å²) in [5, 5.41) is 16.1. The number of nitro groups is 1. The molecule has 1 aliphatic rings. The quantitative estimate of drug-likeness (QED) is 0.274. The van der Waals surface area contributed by atoms with E-state index in [1.54, 1.807) is 0 Å². The lowest BCUT2D eigenvalue weighted by Gasteiger charge is -2.18. The molecule has 0 fully saturated rings. The number of ketones is 1. The molecule has 0 bridgehead atoms. The predicted molar refractivity (Wildman–Crippen MR) is 107 cm³/mol. The van der Waals surface area contributed by atoms with Crippen LogP contribution in [0.25, 0.3) is 0 Å². The van der Waals surface area contributed by atoms with Crippen molar-refractivity contribution in [3.05, 3.63) is 57.6 Å². The van der Waals surface area contributed by atoms with Crippen molar-refractivity contribution < 1.29 is 42.0 Å². The first-order chi connectivity index (χ1) is 15.5. The van der Waals surface area contributed by atoms with E-state index >= 15 is 0 Å². The topological polar surface area (TPSA) is 137 Å². The molecule has 1 unspecified atom stereocenters. The van der Waals surface area contributed by atoms with Gasteiger partial charge in [0.15, 0.2) is 19.0 Å². The van der Waals surface area contributed by atoms with Gasteiger partial charge in [-0.05, 0) is 37.3 Å². The van der Waals surface area contributed by atoms with E-state index in [1.165, 1.54) is 25.1 Å². The Hall–Kier alpha value is -4.16. The summed E-state index contributed by atoms with van der Waals surface area (Å²) >= 11 is 0. The molecule has 0 saturated heterocycles. The van der Waals surface area contributed by atoms with Gasteiger partial charge in [-0.3, -0.25) is 19.7 Å². The first-order valence-electron chi connectivity index (χ1n) is 9.34. The minimum Gasteiger partial charge on any atom is -0.482 e. The number of carbonyl (C=O) groups excluding carboxylic acids is 3. The number of hydrogen-bond acceptors (Lipinski definition) is 8. The van der Waals surface area contributed by atoms with E-state index in [2.05, 4.69) is 10.6 Å². The molecule has 1 atom stereocenters. The summed E-state index contributed by atoms with van der Waals surface area (Å²) in [7, 11) is 0. The third-order valence-corrected chi connectivity index (χ3v) is 4.53. The number of hydrogen-bond donors (Lipinski definition) is 2. The number of carbonyl (C=O) groups is 3. The van der Waals surface area contributed by atoms with Gasteiger partial charge in [-0.2, -0.15) is 13.2 Å². The van der Waals surface area contributed by atoms with Crippen molar-refractivity contribution in [3.63, 3.8) is 0 Å². The molecule has 13 heteroatoms. The van der Waals surface area contributed by atoms with Gasteiger partial charge in [-0.1, -0.05) is 0 Å². The van der Waals surface area contributed by atoms with E-state index in [1.807, 2.05) is 0 Å². The molecular weight excluding hydrogens is 451 g/mol. The molecule has 0 saturated carbocycles. The van der Waals surface area contributed by atoms with Crippen LogP contribution in [0.2, 0.25) is 0 Å². The van der Waals surface area contributed by atoms with E-state index in [-0.39, 0.29) is 23.5 Å². The summed E-state index contributed by atoms with van der Waals surface area (Å²) < 4.78 is 48.5. The minimum atomic E-state index is -4.78. The molecule has 174 valence electrons. The fraction of sp³-hybridized carbons (Fsp3) is 0.250. The highest BCUT2D eigenvalue weighted by atomic mass is 19.4. The van der Waals surface area contributed by atoms with Crippen molar-refractivity contribution in [1.29, 1.82) is 0 Å². The first kappa shape index (κ1) is 23.5. The van der Waals surface area contributed by atoms with Crippen LogP contribution in [0.1, 0.15) is 22.8 Å². The summed E-state index contributed by atoms with van der Waals surface area (Å²) in [6.07, 6.45) is -4.78. The molecule has 0 aromatic heterocycles. The summed E-state index contributed by atoms with van der Waals surface area (Å²) in [5.74, 6) is -1.58. The van der Waals surface area contributed by atoms with E-state index in [4.69, 9.17) is 9.47 Å². The maximum atomic E-state index is 12.8. The van der Waals surface area contributed by atoms with Crippen LogP contribution in [0.3, 0.4) is 0 Å². The molecule has 2 aromatic carbocycles. The zero-order valence-electron chi connectivity index (χ0n) is 16.9. The molecule has 0 radical (unpaired) electrons. The molecule has 2 aromatic rings. The standard InChI is InChI=1S/C20H16F3N3O7/c1-10(24-13-4-3-12(20(21,22)23)7-15(13)26(30)31)19(29)33-8-16(27)11-2-5-17-14(6-11)25-18(28)9-32-17/h2-7,10,24H,8-9H2,1H3,(H,25,28). The fourth-order valence-electron chi connectivity index (χ4n) is 2.87. The zero-order valence-corrected chi connectivity index (χ0v) is 16.9. The van der Waals surface area contributed by atoms with Gasteiger partial charge in [0.1, 0.15) is 17.5 Å². The van der Waals surface area contributed by atoms with Crippen LogP contribution < -0.4 is 15.4 Å². The number of rotatable bonds is 7. The van der Waals surface area contributed by atoms with Crippen molar-refractivity contribution in [2.45, 2.75) is 19.1 Å². The zero-order chi connectivity index (χ0) is 24.3. The number of ether oxygens (including phenoxy) is 2. The number of benzene rings is 2. The maximum absolute atomic E-state index is 12.8. The van der Waals surface area contributed by atoms with E-state index in [0.29, 0.717) is 17.9 Å². The summed E-state index contributed by atoms with van der Waals surface area (Å²) in [6, 6.07) is 4.84. The second-order valence-electron chi connectivity index (χ2n) is 6.93. The smallest absolute Gasteiger partial charge is 0.416 e. The van der Waals surface area contributed by atoms with Crippen LogP contribution in [0.5, 0.6) is 5.75 Å². The van der Waals surface area contributed by atoms with Crippen molar-refractivity contribution in [1.82, 2.24) is 0 Å². The molecule has 2 N–H and O–H groups in total. The van der Waals surface area contributed by atoms with Crippen LogP contribution in [0.4, 0.5) is 30.2 Å². The molecule has 3 rings (SSSR count). The predicted octanol–water partition coefficient (Wildman–Crippen LogP) is 3.17. The van der Waals surface area contributed by atoms with E-state index < -0.39 is 52.7 Å². The second-order valence-corrected chi connectivity index (χ2v) is 6.93. The van der Waals surface area contributed by atoms with Gasteiger partial charge in [0.05, 0.1) is 16.2 Å². The van der Waals surface area contributed by atoms with Crippen molar-refractivity contribution in [2.75, 3.05) is 23.8 Å². The molecule has 10 nitrogen and oxygen atoms in total. The number of nitrogens with one attached hydrogen (secondary N) is 2. The lowest BCUT2D eigenvalue weighted by atomic mass is 10.1. The number of esters is 1. The van der Waals surface area contributed by atoms with Gasteiger partial charge in [0.25, 0.3) is 11.6 Å². The fourth-order valence-corrected chi connectivity index (χ4v) is 2.87. The van der Waals surface area contributed by atoms with Crippen molar-refractivity contribution in [2.24, 2.45) is 0 Å². The Bertz CT molecular complexity index is 1130. The van der Waals surface area contributed by atoms with Gasteiger partial charge in [0.2, 0.25) is 0 Å². The molecule has 0 aliphatic carbocycles. The second kappa shape index (κ2) is 9.14. The monoisotopic (exact) mass is 467 g/mol. The average molecular weight is 467 g/mol. The highest BCUT2D eigenvalue weighted by Crippen LogP contribution is 2.35. The van der Waals surface area contributed by atoms with E-state index in [0.717, 1.165) is 6.07 Å². The number of nitro benzene ring substituents is 1. The third-order valence-electron chi connectivity index (χ3n) is 4.53. The minimum absolute atomic E-state index is 0.131. The van der Waals surface area contributed by atoms with Crippen molar-refractivity contribution >= 4 is 34.7 Å². The Labute approximate surface area is 183 Å². The largest absolute Gasteiger partial charge is 0.482 e. The Kier molecular flexibility index (Phi) is 6.51. The van der Waals surface area contributed by atoms with E-state index in [9.17, 15) is 37.7 Å². The molecule has 0 spiro atoms. The number of halogens is 3. The highest BCUT2D eigenvalue weighted by molar-refractivity contribution is 6.02. The van der Waals surface area contributed by atoms with Crippen LogP contribution >= 0.6 is 0 Å². The van der Waals surface area contributed by atoms with Crippen LogP contribution in [-0.2, 0) is 20.5 Å². The van der Waals surface area contributed by atoms with Crippen LogP contribution in [0, 0.1) is 10.1 Å². The number of anilines is 2. The molecule has 1 heterocycles. The summed E-state index contributed by atoms with van der Waals surface area (Å²) in [4.78, 5) is 46.0. The number of fused-ring (bicyclic) bond motifs is 1. The molecule has 1 amide bonds. The average Bonchev–Trinajstić information content (AvgIpc) is 2.75. The number of amides is 1. The molecule has 33 heavy (non-hydrogen) atoms. The lowest BCUT2D eigenvalue weighted by Crippen LogP contribution is -2.30. The maximum Gasteiger partial charge on any atom is 0.416 e. The van der Waals surface area contributed by atoms with Gasteiger partial charge in [-0.15, -0.1) is 0 Å². The number of alkyl halides is 3. The highest BCUT2D eigenvalue weighted by Gasteiger charge is 2.33. The normalized spacial score (nSPS) is 13.8. The summed E-state index contributed by atoms with van der Waals surface area (Å²) in [5.41, 5.74) is -2.00. The number of Topliss-reactive ketones (excluding diaryl/α,β-unsaturated/α-hetero) is 1. The Morgan fingerprint density at radius 1 is 1.27 bits per heavy atom. The third kappa shape index (κ3) is 5.56. The Morgan fingerprint density at radius 2 is 2.00 bits per heavy atom. The number of nitrogens with zero attached hydrogens (tertiary/aromatic N) is 1.